The lowest BCUT2D eigenvalue weighted by Crippen LogP contribution is -2.35. The fraction of sp³-hybridized carbons (Fsp3) is 0.160. The predicted octanol–water partition coefficient (Wildman–Crippen LogP) is 4.34. The van der Waals surface area contributed by atoms with E-state index in [1.165, 1.54) is 23.1 Å². The van der Waals surface area contributed by atoms with Crippen molar-refractivity contribution >= 4 is 29.2 Å². The fourth-order valence-corrected chi connectivity index (χ4v) is 3.37. The van der Waals surface area contributed by atoms with Crippen molar-refractivity contribution in [3.8, 4) is 0 Å². The number of carbonyl (C=O) groups excluding carboxylic acids is 2. The van der Waals surface area contributed by atoms with Crippen molar-refractivity contribution in [3.05, 3.63) is 101 Å². The van der Waals surface area contributed by atoms with E-state index in [0.717, 1.165) is 12.1 Å². The average Bonchev–Trinajstić information content (AvgIpc) is 3.30. The summed E-state index contributed by atoms with van der Waals surface area (Å²) < 4.78 is 46.6. The fourth-order valence-electron chi connectivity index (χ4n) is 3.37. The maximum Gasteiger partial charge on any atom is 0.416 e. The SMILES string of the molecule is O=C(Cc1ccccc1)Nc1cc(NC(=O)[N-]c2c[n+](Cc3ccc(CO)cn3)no2)cc(C(F)(F)F)c1. The van der Waals surface area contributed by atoms with Gasteiger partial charge in [0.25, 0.3) is 0 Å². The van der Waals surface area contributed by atoms with Crippen LogP contribution in [-0.2, 0) is 30.5 Å². The molecule has 3 amide bonds. The molecule has 0 spiro atoms. The summed E-state index contributed by atoms with van der Waals surface area (Å²) in [7, 11) is 0. The van der Waals surface area contributed by atoms with Gasteiger partial charge < -0.3 is 25.6 Å². The van der Waals surface area contributed by atoms with Crippen molar-refractivity contribution in [2.75, 3.05) is 10.6 Å². The van der Waals surface area contributed by atoms with Crippen LogP contribution in [0.2, 0.25) is 0 Å². The van der Waals surface area contributed by atoms with E-state index in [4.69, 9.17) is 9.63 Å². The first kappa shape index (κ1) is 26.3. The van der Waals surface area contributed by atoms with Crippen molar-refractivity contribution in [2.45, 2.75) is 25.7 Å². The van der Waals surface area contributed by atoms with Crippen molar-refractivity contribution in [3.63, 3.8) is 0 Å². The molecule has 0 unspecified atom stereocenters. The van der Waals surface area contributed by atoms with Crippen LogP contribution in [0.3, 0.4) is 0 Å². The number of anilines is 2. The first-order chi connectivity index (χ1) is 18.2. The van der Waals surface area contributed by atoms with E-state index in [9.17, 15) is 22.8 Å². The number of alkyl halides is 3. The van der Waals surface area contributed by atoms with Crippen LogP contribution in [0.5, 0.6) is 0 Å². The maximum absolute atomic E-state index is 13.4. The molecule has 0 aliphatic carbocycles. The number of hydrogen-bond acceptors (Lipinski definition) is 6. The number of carbonyl (C=O) groups is 2. The van der Waals surface area contributed by atoms with Crippen molar-refractivity contribution < 1.29 is 37.1 Å². The van der Waals surface area contributed by atoms with Gasteiger partial charge in [-0.2, -0.15) is 13.2 Å². The summed E-state index contributed by atoms with van der Waals surface area (Å²) in [6.07, 6.45) is -1.96. The van der Waals surface area contributed by atoms with Gasteiger partial charge >= 0.3 is 6.18 Å². The third-order valence-electron chi connectivity index (χ3n) is 5.11. The Morgan fingerprint density at radius 3 is 2.39 bits per heavy atom. The number of nitrogens with zero attached hydrogens (tertiary/aromatic N) is 4. The average molecular weight is 526 g/mol. The maximum atomic E-state index is 13.4. The Kier molecular flexibility index (Phi) is 7.97. The highest BCUT2D eigenvalue weighted by Gasteiger charge is 2.31. The van der Waals surface area contributed by atoms with Crippen molar-refractivity contribution in [2.24, 2.45) is 0 Å². The van der Waals surface area contributed by atoms with Gasteiger partial charge in [0.2, 0.25) is 24.5 Å². The van der Waals surface area contributed by atoms with Gasteiger partial charge in [-0.15, -0.1) is 0 Å². The molecule has 0 aliphatic rings. The minimum atomic E-state index is -4.73. The zero-order valence-corrected chi connectivity index (χ0v) is 19.6. The van der Waals surface area contributed by atoms with Crippen LogP contribution in [0.25, 0.3) is 5.32 Å². The van der Waals surface area contributed by atoms with E-state index in [1.807, 2.05) is 0 Å². The quantitative estimate of drug-likeness (QED) is 0.293. The number of amides is 3. The van der Waals surface area contributed by atoms with Gasteiger partial charge in [-0.25, -0.2) is 0 Å². The van der Waals surface area contributed by atoms with E-state index < -0.39 is 23.7 Å². The van der Waals surface area contributed by atoms with Gasteiger partial charge in [0.15, 0.2) is 11.3 Å². The van der Waals surface area contributed by atoms with E-state index >= 15 is 0 Å². The monoisotopic (exact) mass is 526 g/mol. The second-order valence-corrected chi connectivity index (χ2v) is 8.10. The zero-order chi connectivity index (χ0) is 27.1. The first-order valence-corrected chi connectivity index (χ1v) is 11.2. The smallest absolute Gasteiger partial charge is 0.416 e. The molecule has 0 fully saturated rings. The second kappa shape index (κ2) is 11.5. The van der Waals surface area contributed by atoms with Crippen LogP contribution in [0.4, 0.5) is 35.2 Å². The van der Waals surface area contributed by atoms with Gasteiger partial charge in [-0.05, 0) is 45.8 Å². The zero-order valence-electron chi connectivity index (χ0n) is 19.6. The topological polar surface area (TPSA) is 135 Å². The number of aliphatic hydroxyl groups is 1. The highest BCUT2D eigenvalue weighted by Crippen LogP contribution is 2.34. The Hall–Kier alpha value is -4.78. The van der Waals surface area contributed by atoms with Crippen LogP contribution in [0.15, 0.2) is 77.6 Å². The lowest BCUT2D eigenvalue weighted by Gasteiger charge is -2.18. The summed E-state index contributed by atoms with van der Waals surface area (Å²) in [5, 5.41) is 21.1. The number of halogens is 3. The van der Waals surface area contributed by atoms with Crippen LogP contribution in [0.1, 0.15) is 22.4 Å². The highest BCUT2D eigenvalue weighted by atomic mass is 19.4. The summed E-state index contributed by atoms with van der Waals surface area (Å²) in [5.41, 5.74) is 0.480. The number of nitrogens with one attached hydrogen (secondary N) is 2. The van der Waals surface area contributed by atoms with Crippen molar-refractivity contribution in [1.29, 1.82) is 0 Å². The Balaban J connectivity index is 1.41. The van der Waals surface area contributed by atoms with E-state index in [0.29, 0.717) is 16.8 Å². The van der Waals surface area contributed by atoms with E-state index in [-0.39, 0.29) is 36.8 Å². The number of benzene rings is 2. The summed E-state index contributed by atoms with van der Waals surface area (Å²) in [6.45, 7) is 0.0436. The Bertz CT molecular complexity index is 1410. The van der Waals surface area contributed by atoms with Crippen molar-refractivity contribution in [1.82, 2.24) is 10.3 Å². The lowest BCUT2D eigenvalue weighted by atomic mass is 10.1. The number of pyridine rings is 1. The molecule has 0 radical (unpaired) electrons. The molecular formula is C25H21F3N6O4. The van der Waals surface area contributed by atoms with Gasteiger partial charge in [0.1, 0.15) is 5.69 Å². The minimum absolute atomic E-state index is 0.0410. The molecule has 2 aromatic carbocycles. The first-order valence-electron chi connectivity index (χ1n) is 11.2. The van der Waals surface area contributed by atoms with Gasteiger partial charge in [0.05, 0.1) is 18.6 Å². The molecule has 0 aliphatic heterocycles. The molecular weight excluding hydrogens is 505 g/mol. The number of aromatic nitrogens is 3. The van der Waals surface area contributed by atoms with Gasteiger partial charge in [0, 0.05) is 11.9 Å². The molecule has 0 saturated carbocycles. The summed E-state index contributed by atoms with van der Waals surface area (Å²) in [4.78, 5) is 28.9. The Labute approximate surface area is 214 Å². The van der Waals surface area contributed by atoms with Crippen LogP contribution in [-0.4, -0.2) is 27.3 Å². The predicted molar refractivity (Wildman–Crippen MR) is 128 cm³/mol. The number of urea groups is 1. The molecule has 13 heteroatoms. The standard InChI is InChI=1S/C25H21F3N6O4/c26-25(27,28)18-9-20(30-22(36)8-16-4-2-1-3-5-16)11-21(10-18)31-24(37)32-23-14-34(33-38-23)13-19-7-6-17(15-35)12-29-19/h1-7,9-12,14,35H,8,13,15H2,(H2-,30,31,32,33,36,37). The minimum Gasteiger partial charge on any atom is -0.424 e. The normalized spacial score (nSPS) is 11.2. The number of aliphatic hydroxyl groups excluding tert-OH is 1. The molecule has 196 valence electrons. The Morgan fingerprint density at radius 2 is 1.74 bits per heavy atom. The summed E-state index contributed by atoms with van der Waals surface area (Å²) >= 11 is 0. The Morgan fingerprint density at radius 1 is 1.00 bits per heavy atom. The lowest BCUT2D eigenvalue weighted by molar-refractivity contribution is -0.755. The molecule has 0 bridgehead atoms. The molecule has 10 nitrogen and oxygen atoms in total. The second-order valence-electron chi connectivity index (χ2n) is 8.10. The van der Waals surface area contributed by atoms with Gasteiger partial charge in [-0.1, -0.05) is 36.4 Å². The number of hydrogen-bond donors (Lipinski definition) is 3. The van der Waals surface area contributed by atoms with E-state index in [1.54, 1.807) is 42.5 Å². The molecule has 0 saturated heterocycles. The number of rotatable bonds is 8. The summed E-state index contributed by atoms with van der Waals surface area (Å²) in [5.74, 6) is -0.720. The third kappa shape index (κ3) is 7.36. The van der Waals surface area contributed by atoms with Crippen LogP contribution >= 0.6 is 0 Å². The molecule has 38 heavy (non-hydrogen) atoms. The van der Waals surface area contributed by atoms with Crippen LogP contribution in [0, 0.1) is 0 Å². The van der Waals surface area contributed by atoms with E-state index in [2.05, 4.69) is 26.2 Å². The van der Waals surface area contributed by atoms with Crippen LogP contribution < -0.4 is 15.3 Å². The largest absolute Gasteiger partial charge is 0.424 e. The molecule has 4 aromatic rings. The molecule has 0 atom stereocenters. The van der Waals surface area contributed by atoms with Gasteiger partial charge in [-0.3, -0.25) is 14.6 Å². The highest BCUT2D eigenvalue weighted by molar-refractivity contribution is 6.04. The molecule has 3 N–H and O–H groups in total. The molecule has 2 aromatic heterocycles. The third-order valence-corrected chi connectivity index (χ3v) is 5.11. The summed E-state index contributed by atoms with van der Waals surface area (Å²) in [6, 6.07) is 13.7. The molecule has 2 heterocycles. The molecule has 4 rings (SSSR count).